The molecule has 2 aromatic carbocycles. The van der Waals surface area contributed by atoms with Gasteiger partial charge in [-0.2, -0.15) is 0 Å². The molecule has 9 nitrogen and oxygen atoms in total. The molecule has 186 valence electrons. The molecule has 0 aliphatic carbocycles. The molecule has 2 aromatic rings. The molecule has 1 fully saturated rings. The fraction of sp³-hybridized carbons (Fsp3) is 0.346. The first-order valence-electron chi connectivity index (χ1n) is 11.5. The second kappa shape index (κ2) is 11.9. The third kappa shape index (κ3) is 6.11. The van der Waals surface area contributed by atoms with Gasteiger partial charge in [0.25, 0.3) is 11.8 Å². The normalized spacial score (nSPS) is 14.7. The molecule has 0 radical (unpaired) electrons. The van der Waals surface area contributed by atoms with Crippen LogP contribution in [0.5, 0.6) is 23.0 Å². The van der Waals surface area contributed by atoms with E-state index >= 15 is 0 Å². The number of methoxy groups -OCH3 is 1. The van der Waals surface area contributed by atoms with Crippen LogP contribution in [0, 0.1) is 0 Å². The Labute approximate surface area is 204 Å². The van der Waals surface area contributed by atoms with E-state index in [-0.39, 0.29) is 12.1 Å². The highest BCUT2D eigenvalue weighted by atomic mass is 16.5. The van der Waals surface area contributed by atoms with Gasteiger partial charge in [-0.05, 0) is 61.7 Å². The van der Waals surface area contributed by atoms with Gasteiger partial charge in [-0.25, -0.2) is 4.79 Å². The summed E-state index contributed by atoms with van der Waals surface area (Å²) >= 11 is 0. The Bertz CT molecular complexity index is 1130. The molecule has 0 spiro atoms. The Balaban J connectivity index is 1.87. The summed E-state index contributed by atoms with van der Waals surface area (Å²) < 4.78 is 22.2. The number of imide groups is 2. The van der Waals surface area contributed by atoms with Crippen molar-refractivity contribution in [2.45, 2.75) is 33.7 Å². The Kier molecular flexibility index (Phi) is 8.72. The monoisotopic (exact) mass is 482 g/mol. The number of barbiturate groups is 1. The zero-order valence-corrected chi connectivity index (χ0v) is 20.4. The lowest BCUT2D eigenvalue weighted by Crippen LogP contribution is -2.53. The van der Waals surface area contributed by atoms with E-state index in [2.05, 4.69) is 5.32 Å². The molecule has 3 rings (SSSR count). The van der Waals surface area contributed by atoms with Crippen LogP contribution in [0.15, 0.2) is 42.0 Å². The van der Waals surface area contributed by atoms with Crippen LogP contribution in [0.25, 0.3) is 6.08 Å². The average molecular weight is 483 g/mol. The number of carbonyl (C=O) groups is 3. The summed E-state index contributed by atoms with van der Waals surface area (Å²) in [4.78, 5) is 39.1. The Hall–Kier alpha value is -4.01. The van der Waals surface area contributed by atoms with E-state index in [9.17, 15) is 14.4 Å². The second-order valence-corrected chi connectivity index (χ2v) is 7.61. The lowest BCUT2D eigenvalue weighted by atomic mass is 10.1. The number of benzene rings is 2. The van der Waals surface area contributed by atoms with Gasteiger partial charge in [-0.1, -0.05) is 19.1 Å². The van der Waals surface area contributed by atoms with Crippen molar-refractivity contribution in [1.82, 2.24) is 10.2 Å². The molecule has 4 amide bonds. The molecule has 1 heterocycles. The molecular formula is C26H30N2O7. The van der Waals surface area contributed by atoms with E-state index in [0.717, 1.165) is 11.3 Å². The van der Waals surface area contributed by atoms with Crippen LogP contribution in [0.4, 0.5) is 4.79 Å². The Morgan fingerprint density at radius 3 is 2.23 bits per heavy atom. The van der Waals surface area contributed by atoms with E-state index in [0.29, 0.717) is 53.9 Å². The minimum absolute atomic E-state index is 0.0456. The maximum absolute atomic E-state index is 13.2. The molecule has 35 heavy (non-hydrogen) atoms. The van der Waals surface area contributed by atoms with Crippen LogP contribution < -0.4 is 24.3 Å². The highest BCUT2D eigenvalue weighted by Crippen LogP contribution is 2.31. The standard InChI is InChI=1S/C26H30N2O7/c1-5-12-35-21-11-9-18(15-23(21)34-7-3)16-28-25(30)19(24(29)27-26(28)31)13-17-8-10-20(33-6-2)22(14-17)32-4/h8-11,13-15H,5-7,12,16H2,1-4H3,(H,27,29,31)/b19-13+. The maximum atomic E-state index is 13.2. The average Bonchev–Trinajstić information content (AvgIpc) is 2.85. The summed E-state index contributed by atoms with van der Waals surface area (Å²) in [5.41, 5.74) is 1.04. The largest absolute Gasteiger partial charge is 0.493 e. The number of carbonyl (C=O) groups excluding carboxylic acids is 3. The topological polar surface area (TPSA) is 103 Å². The number of hydrogen-bond donors (Lipinski definition) is 1. The van der Waals surface area contributed by atoms with Crippen molar-refractivity contribution in [2.75, 3.05) is 26.9 Å². The smallest absolute Gasteiger partial charge is 0.331 e. The van der Waals surface area contributed by atoms with Gasteiger partial charge in [-0.3, -0.25) is 19.8 Å². The number of ether oxygens (including phenoxy) is 4. The van der Waals surface area contributed by atoms with Crippen molar-refractivity contribution < 1.29 is 33.3 Å². The molecule has 1 aliphatic heterocycles. The van der Waals surface area contributed by atoms with Crippen LogP contribution in [-0.4, -0.2) is 49.7 Å². The minimum atomic E-state index is -0.786. The number of nitrogens with one attached hydrogen (secondary N) is 1. The van der Waals surface area contributed by atoms with Gasteiger partial charge in [0.1, 0.15) is 5.57 Å². The number of hydrogen-bond acceptors (Lipinski definition) is 7. The fourth-order valence-electron chi connectivity index (χ4n) is 3.49. The highest BCUT2D eigenvalue weighted by molar-refractivity contribution is 6.30. The van der Waals surface area contributed by atoms with Crippen molar-refractivity contribution in [3.05, 3.63) is 53.1 Å². The van der Waals surface area contributed by atoms with Crippen LogP contribution in [0.1, 0.15) is 38.3 Å². The van der Waals surface area contributed by atoms with Crippen molar-refractivity contribution in [3.63, 3.8) is 0 Å². The number of amides is 4. The minimum Gasteiger partial charge on any atom is -0.493 e. The highest BCUT2D eigenvalue weighted by Gasteiger charge is 2.35. The van der Waals surface area contributed by atoms with Crippen molar-refractivity contribution >= 4 is 23.9 Å². The number of nitrogens with zero attached hydrogens (tertiary/aromatic N) is 1. The molecule has 9 heteroatoms. The summed E-state index contributed by atoms with van der Waals surface area (Å²) in [6, 6.07) is 9.49. The molecule has 1 aliphatic rings. The molecule has 1 saturated heterocycles. The van der Waals surface area contributed by atoms with Gasteiger partial charge in [0.05, 0.1) is 33.5 Å². The van der Waals surface area contributed by atoms with Gasteiger partial charge in [-0.15, -0.1) is 0 Å². The summed E-state index contributed by atoms with van der Waals surface area (Å²) in [5.74, 6) is 0.665. The lowest BCUT2D eigenvalue weighted by molar-refractivity contribution is -0.130. The van der Waals surface area contributed by atoms with Gasteiger partial charge >= 0.3 is 6.03 Å². The molecular weight excluding hydrogens is 452 g/mol. The number of rotatable bonds is 11. The first-order valence-corrected chi connectivity index (χ1v) is 11.5. The molecule has 0 atom stereocenters. The summed E-state index contributed by atoms with van der Waals surface area (Å²) in [6.07, 6.45) is 2.27. The second-order valence-electron chi connectivity index (χ2n) is 7.61. The van der Waals surface area contributed by atoms with Crippen LogP contribution in [-0.2, 0) is 16.1 Å². The summed E-state index contributed by atoms with van der Waals surface area (Å²) in [7, 11) is 1.50. The zero-order chi connectivity index (χ0) is 25.4. The van der Waals surface area contributed by atoms with Crippen LogP contribution >= 0.6 is 0 Å². The van der Waals surface area contributed by atoms with E-state index in [4.69, 9.17) is 18.9 Å². The van der Waals surface area contributed by atoms with E-state index in [1.807, 2.05) is 20.8 Å². The van der Waals surface area contributed by atoms with E-state index in [1.54, 1.807) is 36.4 Å². The molecule has 0 saturated carbocycles. The lowest BCUT2D eigenvalue weighted by Gasteiger charge is -2.26. The maximum Gasteiger partial charge on any atom is 0.331 e. The van der Waals surface area contributed by atoms with Gasteiger partial charge in [0, 0.05) is 0 Å². The van der Waals surface area contributed by atoms with E-state index < -0.39 is 17.8 Å². The van der Waals surface area contributed by atoms with Gasteiger partial charge < -0.3 is 18.9 Å². The van der Waals surface area contributed by atoms with Crippen LogP contribution in [0.2, 0.25) is 0 Å². The van der Waals surface area contributed by atoms with E-state index in [1.165, 1.54) is 13.2 Å². The molecule has 1 N–H and O–H groups in total. The van der Waals surface area contributed by atoms with Crippen molar-refractivity contribution in [1.29, 1.82) is 0 Å². The quantitative estimate of drug-likeness (QED) is 0.382. The third-order valence-electron chi connectivity index (χ3n) is 5.09. The Morgan fingerprint density at radius 1 is 0.857 bits per heavy atom. The van der Waals surface area contributed by atoms with Crippen LogP contribution in [0.3, 0.4) is 0 Å². The molecule has 0 bridgehead atoms. The fourth-order valence-corrected chi connectivity index (χ4v) is 3.49. The first-order chi connectivity index (χ1) is 16.9. The van der Waals surface area contributed by atoms with Gasteiger partial charge in [0.15, 0.2) is 23.0 Å². The SMILES string of the molecule is CCCOc1ccc(CN2C(=O)NC(=O)/C(=C\c3ccc(OCC)c(OC)c3)C2=O)cc1OCC. The molecule has 0 aromatic heterocycles. The summed E-state index contributed by atoms with van der Waals surface area (Å²) in [6.45, 7) is 7.11. The van der Waals surface area contributed by atoms with Gasteiger partial charge in [0.2, 0.25) is 0 Å². The first kappa shape index (κ1) is 25.6. The predicted molar refractivity (Wildman–Crippen MR) is 130 cm³/mol. The van der Waals surface area contributed by atoms with Crippen molar-refractivity contribution in [2.24, 2.45) is 0 Å². The summed E-state index contributed by atoms with van der Waals surface area (Å²) in [5, 5.41) is 2.24. The number of urea groups is 1. The predicted octanol–water partition coefficient (Wildman–Crippen LogP) is 3.94. The molecule has 0 unspecified atom stereocenters. The third-order valence-corrected chi connectivity index (χ3v) is 5.09. The zero-order valence-electron chi connectivity index (χ0n) is 20.4. The van der Waals surface area contributed by atoms with Crippen molar-refractivity contribution in [3.8, 4) is 23.0 Å². The Morgan fingerprint density at radius 2 is 1.54 bits per heavy atom.